The Morgan fingerprint density at radius 2 is 1.43 bits per heavy atom. The molecule has 1 aliphatic carbocycles. The maximum Gasteiger partial charge on any atom is 0.490 e. The number of aliphatic carboxylic acids is 1. The molecule has 1 saturated carbocycles. The molecule has 1 aliphatic heterocycles. The summed E-state index contributed by atoms with van der Waals surface area (Å²) in [7, 11) is -4.47. The van der Waals surface area contributed by atoms with E-state index >= 15 is 0 Å². The molecule has 12 nitrogen and oxygen atoms in total. The maximum atomic E-state index is 13.1. The predicted molar refractivity (Wildman–Crippen MR) is 175 cm³/mol. The van der Waals surface area contributed by atoms with E-state index in [1.54, 1.807) is 0 Å². The van der Waals surface area contributed by atoms with Crippen LogP contribution in [0.15, 0.2) is 47.4 Å². The number of hydrogen-bond acceptors (Lipinski definition) is 10. The molecule has 3 N–H and O–H groups in total. The summed E-state index contributed by atoms with van der Waals surface area (Å²) in [5.41, 5.74) is 0.826. The van der Waals surface area contributed by atoms with Crippen molar-refractivity contribution < 1.29 is 72.0 Å². The second-order valence-electron chi connectivity index (χ2n) is 12.3. The molecule has 2 aromatic carbocycles. The highest BCUT2D eigenvalue weighted by atomic mass is 32.2. The topological polar surface area (TPSA) is 152 Å². The zero-order valence-corrected chi connectivity index (χ0v) is 29.0. The molecule has 300 valence electrons. The van der Waals surface area contributed by atoms with E-state index in [1.165, 1.54) is 0 Å². The molecule has 0 spiro atoms. The number of fused-ring (bicyclic) bond motifs is 1. The SMILES string of the molecule is O=C(O)C(F)(F)F.O=S(=O)(NCC1CCC(CNc2nc(N3CCOCC3)c3ccccc3n2)CC1)c1cc(OCC(F)(F)F)ccc1OCC(F)(F)F. The number of rotatable bonds is 12. The number of nitrogens with one attached hydrogen (secondary N) is 2. The molecule has 2 heterocycles. The molecule has 1 aromatic heterocycles. The van der Waals surface area contributed by atoms with Crippen LogP contribution < -0.4 is 24.4 Å². The summed E-state index contributed by atoms with van der Waals surface area (Å²) in [6.45, 7) is -0.180. The number of morpholine rings is 1. The monoisotopic (exact) mass is 805 g/mol. The molecule has 22 heteroatoms. The summed E-state index contributed by atoms with van der Waals surface area (Å²) in [5.74, 6) is -2.32. The lowest BCUT2D eigenvalue weighted by Crippen LogP contribution is -2.37. The van der Waals surface area contributed by atoms with Gasteiger partial charge in [-0.3, -0.25) is 0 Å². The molecule has 0 radical (unpaired) electrons. The number of anilines is 2. The Labute approximate surface area is 303 Å². The number of carboxylic acids is 1. The fraction of sp³-hybridized carbons (Fsp3) is 0.531. The third-order valence-corrected chi connectivity index (χ3v) is 9.66. The van der Waals surface area contributed by atoms with Gasteiger partial charge in [-0.1, -0.05) is 12.1 Å². The van der Waals surface area contributed by atoms with Gasteiger partial charge in [0, 0.05) is 37.6 Å². The summed E-state index contributed by atoms with van der Waals surface area (Å²) in [6.07, 6.45) is -11.6. The van der Waals surface area contributed by atoms with Gasteiger partial charge in [0.15, 0.2) is 13.2 Å². The molecule has 2 fully saturated rings. The number of halogens is 9. The van der Waals surface area contributed by atoms with Crippen LogP contribution in [0.1, 0.15) is 25.7 Å². The number of para-hydroxylation sites is 1. The van der Waals surface area contributed by atoms with Gasteiger partial charge in [0.2, 0.25) is 16.0 Å². The Balaban J connectivity index is 0.000000845. The summed E-state index contributed by atoms with van der Waals surface area (Å²) >= 11 is 0. The number of ether oxygens (including phenoxy) is 3. The molecule has 1 saturated heterocycles. The highest BCUT2D eigenvalue weighted by molar-refractivity contribution is 7.89. The van der Waals surface area contributed by atoms with Crippen molar-refractivity contribution in [3.8, 4) is 11.5 Å². The standard InChI is InChI=1S/C30H35F6N5O5S.C2HF3O2/c31-29(32,33)18-45-22-9-10-25(46-19-30(34,35)36)26(15-22)47(42,43)38-17-21-7-5-20(6-8-21)16-37-28-39-24-4-2-1-3-23(24)27(40-28)41-11-13-44-14-12-41;3-2(4,5)1(6)7/h1-4,9-10,15,20-21,38H,5-8,11-14,16-19H2,(H,37,39,40);(H,6,7). The number of aromatic nitrogens is 2. The Hall–Kier alpha value is -4.31. The average molecular weight is 806 g/mol. The van der Waals surface area contributed by atoms with E-state index in [0.717, 1.165) is 60.9 Å². The molecular formula is C32H36F9N5O7S. The van der Waals surface area contributed by atoms with Crippen molar-refractivity contribution in [2.45, 2.75) is 49.1 Å². The quantitative estimate of drug-likeness (QED) is 0.180. The first-order chi connectivity index (χ1) is 25.2. The summed E-state index contributed by atoms with van der Waals surface area (Å²) < 4.78 is 151. The van der Waals surface area contributed by atoms with Gasteiger partial charge in [0.1, 0.15) is 22.2 Å². The van der Waals surface area contributed by atoms with Gasteiger partial charge < -0.3 is 29.5 Å². The molecule has 0 unspecified atom stereocenters. The Morgan fingerprint density at radius 3 is 2.02 bits per heavy atom. The number of carbonyl (C=O) groups is 1. The van der Waals surface area contributed by atoms with Crippen LogP contribution in [-0.4, -0.2) is 101 Å². The van der Waals surface area contributed by atoms with Crippen molar-refractivity contribution in [1.82, 2.24) is 14.7 Å². The largest absolute Gasteiger partial charge is 0.490 e. The fourth-order valence-electron chi connectivity index (χ4n) is 5.57. The molecule has 5 rings (SSSR count). The summed E-state index contributed by atoms with van der Waals surface area (Å²) in [5, 5.41) is 11.4. The number of nitrogens with zero attached hydrogens (tertiary/aromatic N) is 3. The van der Waals surface area contributed by atoms with Crippen LogP contribution in [0.3, 0.4) is 0 Å². The fourth-order valence-corrected chi connectivity index (χ4v) is 6.84. The van der Waals surface area contributed by atoms with E-state index in [2.05, 4.69) is 29.4 Å². The van der Waals surface area contributed by atoms with Crippen LogP contribution in [0.2, 0.25) is 0 Å². The number of carboxylic acid groups (broad SMARTS) is 1. The van der Waals surface area contributed by atoms with Crippen molar-refractivity contribution in [2.24, 2.45) is 11.8 Å². The van der Waals surface area contributed by atoms with Crippen molar-refractivity contribution in [3.63, 3.8) is 0 Å². The number of hydrogen-bond donors (Lipinski definition) is 3. The van der Waals surface area contributed by atoms with E-state index < -0.39 is 64.1 Å². The Bertz CT molecular complexity index is 1820. The Morgan fingerprint density at radius 1 is 0.852 bits per heavy atom. The normalized spacial score (nSPS) is 18.4. The lowest BCUT2D eigenvalue weighted by atomic mass is 9.82. The van der Waals surface area contributed by atoms with Crippen LogP contribution in [0.4, 0.5) is 51.3 Å². The molecule has 0 bridgehead atoms. The first-order valence-corrected chi connectivity index (χ1v) is 17.8. The molecule has 0 amide bonds. The smallest absolute Gasteiger partial charge is 0.484 e. The van der Waals surface area contributed by atoms with E-state index in [9.17, 15) is 47.9 Å². The van der Waals surface area contributed by atoms with E-state index in [1.807, 2.05) is 24.3 Å². The van der Waals surface area contributed by atoms with E-state index in [-0.39, 0.29) is 18.4 Å². The highest BCUT2D eigenvalue weighted by Gasteiger charge is 2.38. The predicted octanol–water partition coefficient (Wildman–Crippen LogP) is 6.18. The summed E-state index contributed by atoms with van der Waals surface area (Å²) in [4.78, 5) is 19.8. The van der Waals surface area contributed by atoms with Gasteiger partial charge in [-0.25, -0.2) is 22.9 Å². The lowest BCUT2D eigenvalue weighted by Gasteiger charge is -2.30. The first kappa shape index (κ1) is 42.4. The van der Waals surface area contributed by atoms with Gasteiger partial charge in [0.05, 0.1) is 18.7 Å². The van der Waals surface area contributed by atoms with Crippen LogP contribution in [-0.2, 0) is 19.6 Å². The van der Waals surface area contributed by atoms with Gasteiger partial charge in [-0.15, -0.1) is 0 Å². The number of sulfonamides is 1. The van der Waals surface area contributed by atoms with Crippen LogP contribution in [0.25, 0.3) is 10.9 Å². The second-order valence-corrected chi connectivity index (χ2v) is 14.1. The molecule has 54 heavy (non-hydrogen) atoms. The lowest BCUT2D eigenvalue weighted by molar-refractivity contribution is -0.192. The first-order valence-electron chi connectivity index (χ1n) is 16.4. The minimum absolute atomic E-state index is 0.00841. The summed E-state index contributed by atoms with van der Waals surface area (Å²) in [6, 6.07) is 10.3. The highest BCUT2D eigenvalue weighted by Crippen LogP contribution is 2.33. The van der Waals surface area contributed by atoms with Crippen LogP contribution in [0, 0.1) is 11.8 Å². The maximum absolute atomic E-state index is 13.1. The third kappa shape index (κ3) is 13.2. The van der Waals surface area contributed by atoms with E-state index in [4.69, 9.17) is 19.6 Å². The number of alkyl halides is 9. The van der Waals surface area contributed by atoms with Gasteiger partial charge in [-0.2, -0.15) is 44.5 Å². The zero-order chi connectivity index (χ0) is 39.7. The third-order valence-electron chi connectivity index (χ3n) is 8.21. The Kier molecular flexibility index (Phi) is 14.1. The molecule has 2 aliphatic rings. The van der Waals surface area contributed by atoms with E-state index in [0.29, 0.717) is 38.5 Å². The molecular weight excluding hydrogens is 769 g/mol. The second kappa shape index (κ2) is 17.9. The van der Waals surface area contributed by atoms with Crippen molar-refractivity contribution >= 4 is 38.7 Å². The van der Waals surface area contributed by atoms with Crippen molar-refractivity contribution in [1.29, 1.82) is 0 Å². The van der Waals surface area contributed by atoms with Gasteiger partial charge >= 0.3 is 24.5 Å². The van der Waals surface area contributed by atoms with Gasteiger partial charge in [-0.05, 0) is 61.8 Å². The minimum atomic E-state index is -5.08. The number of benzene rings is 2. The molecule has 3 aromatic rings. The zero-order valence-electron chi connectivity index (χ0n) is 28.2. The molecule has 0 atom stereocenters. The van der Waals surface area contributed by atoms with Crippen LogP contribution in [0.5, 0.6) is 11.5 Å². The van der Waals surface area contributed by atoms with Crippen molar-refractivity contribution in [3.05, 3.63) is 42.5 Å². The minimum Gasteiger partial charge on any atom is -0.484 e. The average Bonchev–Trinajstić information content (AvgIpc) is 3.11. The van der Waals surface area contributed by atoms with Crippen LogP contribution >= 0.6 is 0 Å². The van der Waals surface area contributed by atoms with Gasteiger partial charge in [0.25, 0.3) is 0 Å². The van der Waals surface area contributed by atoms with Crippen molar-refractivity contribution in [2.75, 3.05) is 62.8 Å².